The molecule has 9 heteroatoms. The van der Waals surface area contributed by atoms with Crippen molar-refractivity contribution >= 4 is 29.9 Å². The first-order valence-electron chi connectivity index (χ1n) is 11.6. The van der Waals surface area contributed by atoms with Crippen LogP contribution in [-0.4, -0.2) is 102 Å². The third-order valence-electron chi connectivity index (χ3n) is 5.80. The number of hydrogen-bond donors (Lipinski definition) is 2. The molecule has 8 nitrogen and oxygen atoms in total. The van der Waals surface area contributed by atoms with Gasteiger partial charge in [-0.25, -0.2) is 0 Å². The summed E-state index contributed by atoms with van der Waals surface area (Å²) in [6.07, 6.45) is 1.09. The molecule has 1 atom stereocenters. The molecule has 2 N–H and O–H groups in total. The Morgan fingerprint density at radius 3 is 2.31 bits per heavy atom. The van der Waals surface area contributed by atoms with E-state index in [2.05, 4.69) is 39.5 Å². The molecule has 0 saturated carbocycles. The second-order valence-electron chi connectivity index (χ2n) is 7.89. The summed E-state index contributed by atoms with van der Waals surface area (Å²) in [7, 11) is 1.70. The zero-order valence-corrected chi connectivity index (χ0v) is 21.9. The monoisotopic (exact) mass is 561 g/mol. The van der Waals surface area contributed by atoms with Crippen molar-refractivity contribution in [3.8, 4) is 5.75 Å². The van der Waals surface area contributed by atoms with Gasteiger partial charge in [-0.15, -0.1) is 24.0 Å². The number of guanidine groups is 1. The van der Waals surface area contributed by atoms with E-state index in [0.717, 1.165) is 90.4 Å². The molecule has 0 aliphatic carbocycles. The van der Waals surface area contributed by atoms with E-state index >= 15 is 0 Å². The molecule has 3 rings (SSSR count). The van der Waals surface area contributed by atoms with Gasteiger partial charge in [-0.1, -0.05) is 12.1 Å². The lowest BCUT2D eigenvalue weighted by atomic mass is 10.0. The predicted octanol–water partition coefficient (Wildman–Crippen LogP) is 1.96. The van der Waals surface area contributed by atoms with Gasteiger partial charge < -0.3 is 24.8 Å². The lowest BCUT2D eigenvalue weighted by molar-refractivity contribution is 0.0179. The number of rotatable bonds is 10. The van der Waals surface area contributed by atoms with Crippen LogP contribution in [0.15, 0.2) is 29.3 Å². The fourth-order valence-corrected chi connectivity index (χ4v) is 4.00. The molecular formula is C23H40IN5O3. The second kappa shape index (κ2) is 15.7. The van der Waals surface area contributed by atoms with Crippen molar-refractivity contribution in [2.45, 2.75) is 19.4 Å². The van der Waals surface area contributed by atoms with E-state index in [1.807, 2.05) is 12.1 Å². The molecule has 0 spiro atoms. The SMILES string of the molecule is CCNC(=NCC(c1ccc(OC)cc1)N1CCOCC1)NCCCN1CCOCC1.I. The molecule has 1 aromatic carbocycles. The van der Waals surface area contributed by atoms with Crippen LogP contribution in [0.2, 0.25) is 0 Å². The molecule has 1 unspecified atom stereocenters. The molecule has 2 aliphatic heterocycles. The van der Waals surface area contributed by atoms with Crippen LogP contribution < -0.4 is 15.4 Å². The minimum Gasteiger partial charge on any atom is -0.497 e. The number of nitrogens with zero attached hydrogens (tertiary/aromatic N) is 3. The molecule has 2 heterocycles. The Kier molecular flexibility index (Phi) is 13.3. The van der Waals surface area contributed by atoms with Crippen LogP contribution in [0.5, 0.6) is 5.75 Å². The van der Waals surface area contributed by atoms with Crippen molar-refractivity contribution in [3.05, 3.63) is 29.8 Å². The van der Waals surface area contributed by atoms with Crippen molar-refractivity contribution in [3.63, 3.8) is 0 Å². The quantitative estimate of drug-likeness (QED) is 0.196. The number of morpholine rings is 2. The first kappa shape index (κ1) is 27.1. The van der Waals surface area contributed by atoms with Gasteiger partial charge in [0.1, 0.15) is 5.75 Å². The Labute approximate surface area is 210 Å². The summed E-state index contributed by atoms with van der Waals surface area (Å²) in [4.78, 5) is 9.87. The summed E-state index contributed by atoms with van der Waals surface area (Å²) in [5.74, 6) is 1.76. The van der Waals surface area contributed by atoms with Crippen LogP contribution in [0, 0.1) is 0 Å². The summed E-state index contributed by atoms with van der Waals surface area (Å²) in [6.45, 7) is 12.8. The van der Waals surface area contributed by atoms with Gasteiger partial charge in [0.15, 0.2) is 5.96 Å². The Bertz CT molecular complexity index is 650. The number of nitrogens with one attached hydrogen (secondary N) is 2. The number of hydrogen-bond acceptors (Lipinski definition) is 6. The van der Waals surface area contributed by atoms with Crippen LogP contribution in [0.1, 0.15) is 24.9 Å². The van der Waals surface area contributed by atoms with E-state index < -0.39 is 0 Å². The number of methoxy groups -OCH3 is 1. The molecule has 0 amide bonds. The highest BCUT2D eigenvalue weighted by Crippen LogP contribution is 2.24. The maximum atomic E-state index is 5.57. The van der Waals surface area contributed by atoms with Gasteiger partial charge in [0.05, 0.1) is 46.1 Å². The largest absolute Gasteiger partial charge is 0.497 e. The fourth-order valence-electron chi connectivity index (χ4n) is 4.00. The first-order valence-corrected chi connectivity index (χ1v) is 11.6. The third-order valence-corrected chi connectivity index (χ3v) is 5.80. The molecule has 182 valence electrons. The normalized spacial score (nSPS) is 19.1. The van der Waals surface area contributed by atoms with Gasteiger partial charge in [0.25, 0.3) is 0 Å². The average molecular weight is 562 g/mol. The van der Waals surface area contributed by atoms with Crippen molar-refractivity contribution in [1.29, 1.82) is 0 Å². The van der Waals surface area contributed by atoms with Gasteiger partial charge in [0, 0.05) is 39.3 Å². The van der Waals surface area contributed by atoms with Gasteiger partial charge in [-0.05, 0) is 37.6 Å². The molecule has 0 bridgehead atoms. The number of halogens is 1. The number of benzene rings is 1. The Morgan fingerprint density at radius 2 is 1.69 bits per heavy atom. The minimum absolute atomic E-state index is 0. The van der Waals surface area contributed by atoms with Crippen LogP contribution in [0.25, 0.3) is 0 Å². The maximum Gasteiger partial charge on any atom is 0.191 e. The Morgan fingerprint density at radius 1 is 1.03 bits per heavy atom. The van der Waals surface area contributed by atoms with E-state index in [4.69, 9.17) is 19.2 Å². The molecule has 1 aromatic rings. The fraction of sp³-hybridized carbons (Fsp3) is 0.696. The summed E-state index contributed by atoms with van der Waals surface area (Å²) in [6, 6.07) is 8.58. The van der Waals surface area contributed by atoms with E-state index in [1.165, 1.54) is 5.56 Å². The zero-order chi connectivity index (χ0) is 21.7. The van der Waals surface area contributed by atoms with Crippen LogP contribution in [0.3, 0.4) is 0 Å². The van der Waals surface area contributed by atoms with Crippen molar-refractivity contribution in [2.75, 3.05) is 85.9 Å². The molecule has 2 saturated heterocycles. The zero-order valence-electron chi connectivity index (χ0n) is 19.6. The van der Waals surface area contributed by atoms with Crippen molar-refractivity contribution < 1.29 is 14.2 Å². The third kappa shape index (κ3) is 9.01. The van der Waals surface area contributed by atoms with Crippen LogP contribution in [-0.2, 0) is 9.47 Å². The molecule has 2 fully saturated rings. The van der Waals surface area contributed by atoms with Gasteiger partial charge >= 0.3 is 0 Å². The van der Waals surface area contributed by atoms with Gasteiger partial charge in [-0.2, -0.15) is 0 Å². The van der Waals surface area contributed by atoms with E-state index in [9.17, 15) is 0 Å². The van der Waals surface area contributed by atoms with Gasteiger partial charge in [0.2, 0.25) is 0 Å². The summed E-state index contributed by atoms with van der Waals surface area (Å²) in [5.41, 5.74) is 1.26. The molecule has 0 aromatic heterocycles. The smallest absolute Gasteiger partial charge is 0.191 e. The molecule has 0 radical (unpaired) electrons. The Hall–Kier alpha value is -1.14. The molecular weight excluding hydrogens is 521 g/mol. The Balaban J connectivity index is 0.00000363. The molecule has 2 aliphatic rings. The van der Waals surface area contributed by atoms with Crippen molar-refractivity contribution in [2.24, 2.45) is 4.99 Å². The highest BCUT2D eigenvalue weighted by molar-refractivity contribution is 14.0. The van der Waals surface area contributed by atoms with Crippen LogP contribution >= 0.6 is 24.0 Å². The average Bonchev–Trinajstić information content (AvgIpc) is 2.83. The topological polar surface area (TPSA) is 70.6 Å². The summed E-state index contributed by atoms with van der Waals surface area (Å²) < 4.78 is 16.3. The van der Waals surface area contributed by atoms with E-state index in [1.54, 1.807) is 7.11 Å². The van der Waals surface area contributed by atoms with Crippen molar-refractivity contribution in [1.82, 2.24) is 20.4 Å². The van der Waals surface area contributed by atoms with Crippen LogP contribution in [0.4, 0.5) is 0 Å². The summed E-state index contributed by atoms with van der Waals surface area (Å²) in [5, 5.41) is 6.90. The highest BCUT2D eigenvalue weighted by Gasteiger charge is 2.22. The predicted molar refractivity (Wildman–Crippen MR) is 139 cm³/mol. The lowest BCUT2D eigenvalue weighted by Gasteiger charge is -2.34. The first-order chi connectivity index (χ1) is 15.3. The molecule has 32 heavy (non-hydrogen) atoms. The second-order valence-corrected chi connectivity index (χ2v) is 7.89. The minimum atomic E-state index is 0. The number of aliphatic imine (C=N–C) groups is 1. The van der Waals surface area contributed by atoms with Gasteiger partial charge in [-0.3, -0.25) is 14.8 Å². The number of ether oxygens (including phenoxy) is 3. The maximum absolute atomic E-state index is 5.57. The summed E-state index contributed by atoms with van der Waals surface area (Å²) >= 11 is 0. The van der Waals surface area contributed by atoms with E-state index in [-0.39, 0.29) is 30.0 Å². The standard InChI is InChI=1S/C23H39N5O3.HI/c1-3-24-23(25-9-4-10-27-11-15-30-16-12-27)26-19-22(28-13-17-31-18-14-28)20-5-7-21(29-2)8-6-20;/h5-8,22H,3-4,9-19H2,1-2H3,(H2,24,25,26);1H. The van der Waals surface area contributed by atoms with E-state index in [0.29, 0.717) is 6.54 Å². The lowest BCUT2D eigenvalue weighted by Crippen LogP contribution is -2.42. The highest BCUT2D eigenvalue weighted by atomic mass is 127.